The van der Waals surface area contributed by atoms with E-state index in [9.17, 15) is 4.79 Å². The van der Waals surface area contributed by atoms with Gasteiger partial charge in [0.05, 0.1) is 6.61 Å². The van der Waals surface area contributed by atoms with Crippen molar-refractivity contribution in [2.75, 3.05) is 79.6 Å². The van der Waals surface area contributed by atoms with E-state index in [0.717, 1.165) is 65.3 Å². The fraction of sp³-hybridized carbons (Fsp3) is 0.944. The van der Waals surface area contributed by atoms with E-state index in [2.05, 4.69) is 38.0 Å². The van der Waals surface area contributed by atoms with Crippen LogP contribution in [0.25, 0.3) is 0 Å². The van der Waals surface area contributed by atoms with Gasteiger partial charge in [0.1, 0.15) is 6.04 Å². The maximum absolute atomic E-state index is 12.4. The lowest BCUT2D eigenvalue weighted by atomic mass is 10.1. The first kappa shape index (κ1) is 21.5. The molecule has 2 fully saturated rings. The third kappa shape index (κ3) is 7.46. The average Bonchev–Trinajstić information content (AvgIpc) is 2.64. The third-order valence-corrected chi connectivity index (χ3v) is 5.14. The molecule has 0 saturated carbocycles. The van der Waals surface area contributed by atoms with E-state index in [1.165, 1.54) is 0 Å². The second kappa shape index (κ2) is 11.8. The summed E-state index contributed by atoms with van der Waals surface area (Å²) in [4.78, 5) is 17.2. The molecule has 0 spiro atoms. The summed E-state index contributed by atoms with van der Waals surface area (Å²) in [7, 11) is 3.94. The van der Waals surface area contributed by atoms with Gasteiger partial charge in [0.15, 0.2) is 0 Å². The monoisotopic (exact) mass is 370 g/mol. The molecule has 2 heterocycles. The van der Waals surface area contributed by atoms with Crippen molar-refractivity contribution in [2.45, 2.75) is 31.5 Å². The number of nitrogens with one attached hydrogen (secondary N) is 4. The molecule has 2 aliphatic heterocycles. The molecule has 0 aromatic carbocycles. The molecular formula is C18H38N6O2. The highest BCUT2D eigenvalue weighted by atomic mass is 16.5. The van der Waals surface area contributed by atoms with Crippen LogP contribution in [0.2, 0.25) is 0 Å². The van der Waals surface area contributed by atoms with Crippen molar-refractivity contribution in [1.82, 2.24) is 31.1 Å². The van der Waals surface area contributed by atoms with Crippen molar-refractivity contribution < 1.29 is 9.53 Å². The zero-order chi connectivity index (χ0) is 18.8. The van der Waals surface area contributed by atoms with Gasteiger partial charge in [0, 0.05) is 71.0 Å². The summed E-state index contributed by atoms with van der Waals surface area (Å²) in [6, 6.07) is 0.655. The molecule has 8 nitrogen and oxygen atoms in total. The fourth-order valence-corrected chi connectivity index (χ4v) is 3.75. The van der Waals surface area contributed by atoms with Gasteiger partial charge >= 0.3 is 5.97 Å². The number of esters is 1. The first-order chi connectivity index (χ1) is 12.6. The third-order valence-electron chi connectivity index (χ3n) is 5.14. The van der Waals surface area contributed by atoms with Gasteiger partial charge in [-0.25, -0.2) is 0 Å². The van der Waals surface area contributed by atoms with E-state index in [1.807, 2.05) is 14.1 Å². The van der Waals surface area contributed by atoms with Crippen molar-refractivity contribution >= 4 is 5.97 Å². The summed E-state index contributed by atoms with van der Waals surface area (Å²) in [5.74, 6) is -0.116. The highest BCUT2D eigenvalue weighted by molar-refractivity contribution is 5.76. The summed E-state index contributed by atoms with van der Waals surface area (Å²) in [6.45, 7) is 11.3. The molecule has 2 rings (SSSR count). The lowest BCUT2D eigenvalue weighted by molar-refractivity contribution is -0.147. The first-order valence-corrected chi connectivity index (χ1v) is 10.0. The molecule has 0 aromatic heterocycles. The number of piperazine rings is 2. The van der Waals surface area contributed by atoms with Crippen LogP contribution >= 0.6 is 0 Å². The first-order valence-electron chi connectivity index (χ1n) is 10.0. The number of hydrogen-bond donors (Lipinski definition) is 4. The molecule has 0 amide bonds. The van der Waals surface area contributed by atoms with Crippen LogP contribution in [-0.4, -0.2) is 113 Å². The van der Waals surface area contributed by atoms with Gasteiger partial charge in [-0.05, 0) is 27.4 Å². The molecule has 26 heavy (non-hydrogen) atoms. The van der Waals surface area contributed by atoms with Crippen LogP contribution in [0.5, 0.6) is 0 Å². The highest BCUT2D eigenvalue weighted by Gasteiger charge is 2.27. The van der Waals surface area contributed by atoms with Crippen molar-refractivity contribution in [2.24, 2.45) is 0 Å². The zero-order valence-corrected chi connectivity index (χ0v) is 16.7. The van der Waals surface area contributed by atoms with Crippen LogP contribution in [0.3, 0.4) is 0 Å². The Hall–Kier alpha value is -0.770. The Kier molecular flexibility index (Phi) is 9.80. The number of ether oxygens (including phenoxy) is 1. The van der Waals surface area contributed by atoms with E-state index >= 15 is 0 Å². The fourth-order valence-electron chi connectivity index (χ4n) is 3.75. The summed E-state index contributed by atoms with van der Waals surface area (Å²) in [5, 5.41) is 13.3. The standard InChI is InChI=1S/C18H38N6O2/c1-15-12-24(9-6-20-3)13-16(22-15)4-11-26-18(25)17-14-23(8-5-19-2)10-7-21-17/h15-17,19-22H,4-14H2,1-3H3/t15-,16+,17?/m1/s1. The molecule has 1 unspecified atom stereocenters. The molecule has 0 aliphatic carbocycles. The van der Waals surface area contributed by atoms with Crippen molar-refractivity contribution in [3.05, 3.63) is 0 Å². The lowest BCUT2D eigenvalue weighted by Crippen LogP contribution is -2.57. The van der Waals surface area contributed by atoms with Gasteiger partial charge in [-0.1, -0.05) is 0 Å². The number of carbonyl (C=O) groups excluding carboxylic acids is 1. The smallest absolute Gasteiger partial charge is 0.324 e. The molecule has 8 heteroatoms. The van der Waals surface area contributed by atoms with Gasteiger partial charge in [0.25, 0.3) is 0 Å². The number of rotatable bonds is 10. The van der Waals surface area contributed by atoms with E-state index in [1.54, 1.807) is 0 Å². The van der Waals surface area contributed by atoms with Crippen molar-refractivity contribution in [1.29, 1.82) is 0 Å². The Morgan fingerprint density at radius 3 is 2.58 bits per heavy atom. The largest absolute Gasteiger partial charge is 0.464 e. The maximum atomic E-state index is 12.4. The molecule has 152 valence electrons. The second-order valence-electron chi connectivity index (χ2n) is 7.49. The molecule has 4 N–H and O–H groups in total. The zero-order valence-electron chi connectivity index (χ0n) is 16.7. The molecule has 3 atom stereocenters. The van der Waals surface area contributed by atoms with Gasteiger partial charge in [-0.3, -0.25) is 14.6 Å². The summed E-state index contributed by atoms with van der Waals surface area (Å²) < 4.78 is 5.57. The maximum Gasteiger partial charge on any atom is 0.324 e. The second-order valence-corrected chi connectivity index (χ2v) is 7.49. The predicted octanol–water partition coefficient (Wildman–Crippen LogP) is -1.71. The predicted molar refractivity (Wildman–Crippen MR) is 104 cm³/mol. The highest BCUT2D eigenvalue weighted by Crippen LogP contribution is 2.08. The topological polar surface area (TPSA) is 80.9 Å². The van der Waals surface area contributed by atoms with Gasteiger partial charge < -0.3 is 26.0 Å². The molecule has 0 aromatic rings. The van der Waals surface area contributed by atoms with Crippen LogP contribution in [-0.2, 0) is 9.53 Å². The Balaban J connectivity index is 1.67. The molecule has 2 saturated heterocycles. The molecular weight excluding hydrogens is 332 g/mol. The average molecular weight is 371 g/mol. The van der Waals surface area contributed by atoms with E-state index < -0.39 is 0 Å². The van der Waals surface area contributed by atoms with Crippen LogP contribution < -0.4 is 21.3 Å². The van der Waals surface area contributed by atoms with Gasteiger partial charge in [-0.15, -0.1) is 0 Å². The van der Waals surface area contributed by atoms with Gasteiger partial charge in [-0.2, -0.15) is 0 Å². The molecule has 0 bridgehead atoms. The van der Waals surface area contributed by atoms with Crippen molar-refractivity contribution in [3.63, 3.8) is 0 Å². The van der Waals surface area contributed by atoms with Crippen LogP contribution in [0, 0.1) is 0 Å². The number of likely N-dealkylation sites (N-methyl/N-ethyl adjacent to an activating group) is 2. The lowest BCUT2D eigenvalue weighted by Gasteiger charge is -2.37. The molecule has 2 aliphatic rings. The van der Waals surface area contributed by atoms with E-state index in [4.69, 9.17) is 4.74 Å². The van der Waals surface area contributed by atoms with Crippen LogP contribution in [0.1, 0.15) is 13.3 Å². The van der Waals surface area contributed by atoms with Crippen LogP contribution in [0.15, 0.2) is 0 Å². The Morgan fingerprint density at radius 2 is 1.85 bits per heavy atom. The SMILES string of the molecule is CNCCN1CCNC(C(=O)OCC[C@H]2CN(CCNC)C[C@@H](C)N2)C1. The number of nitrogens with zero attached hydrogens (tertiary/aromatic N) is 2. The number of carbonyl (C=O) groups is 1. The summed E-state index contributed by atoms with van der Waals surface area (Å²) >= 11 is 0. The Morgan fingerprint density at radius 1 is 1.12 bits per heavy atom. The van der Waals surface area contributed by atoms with Gasteiger partial charge in [0.2, 0.25) is 0 Å². The summed E-state index contributed by atoms with van der Waals surface area (Å²) in [5.41, 5.74) is 0. The Bertz CT molecular complexity index is 411. The van der Waals surface area contributed by atoms with E-state index in [0.29, 0.717) is 18.7 Å². The normalized spacial score (nSPS) is 28.2. The quantitative estimate of drug-likeness (QED) is 0.339. The van der Waals surface area contributed by atoms with E-state index in [-0.39, 0.29) is 12.0 Å². The van der Waals surface area contributed by atoms with Crippen molar-refractivity contribution in [3.8, 4) is 0 Å². The number of hydrogen-bond acceptors (Lipinski definition) is 8. The minimum Gasteiger partial charge on any atom is -0.464 e. The summed E-state index contributed by atoms with van der Waals surface area (Å²) in [6.07, 6.45) is 0.863. The minimum atomic E-state index is -0.203. The Labute approximate surface area is 158 Å². The minimum absolute atomic E-state index is 0.116. The molecule has 0 radical (unpaired) electrons. The van der Waals surface area contributed by atoms with Crippen LogP contribution in [0.4, 0.5) is 0 Å².